The van der Waals surface area contributed by atoms with E-state index in [1.807, 2.05) is 0 Å². The van der Waals surface area contributed by atoms with Crippen LogP contribution in [0.3, 0.4) is 0 Å². The quantitative estimate of drug-likeness (QED) is 0.617. The monoisotopic (exact) mass is 417 g/mol. The number of nitrogens with one attached hydrogen (secondary N) is 1. The molecule has 0 aliphatic heterocycles. The highest BCUT2D eigenvalue weighted by Crippen LogP contribution is 2.14. The highest BCUT2D eigenvalue weighted by molar-refractivity contribution is 7.92. The van der Waals surface area contributed by atoms with Gasteiger partial charge in [0.25, 0.3) is 5.56 Å². The van der Waals surface area contributed by atoms with Gasteiger partial charge in [-0.15, -0.1) is 0 Å². The molecule has 10 heteroatoms. The number of nitrogens with zero attached hydrogens (tertiary/aromatic N) is 2. The molecule has 1 aromatic heterocycles. The number of aromatic nitrogens is 2. The summed E-state index contributed by atoms with van der Waals surface area (Å²) in [5.41, 5.74) is 0.568. The number of aryl methyl sites for hydroxylation is 1. The molecule has 1 heterocycles. The van der Waals surface area contributed by atoms with E-state index in [0.717, 1.165) is 10.8 Å². The number of methoxy groups -OCH3 is 1. The van der Waals surface area contributed by atoms with Crippen molar-refractivity contribution in [3.05, 3.63) is 74.4 Å². The fourth-order valence-electron chi connectivity index (χ4n) is 2.98. The summed E-state index contributed by atoms with van der Waals surface area (Å²) in [7, 11) is -0.619. The Labute approximate surface area is 166 Å². The SMILES string of the molecule is COC(=O)c1ccc2c(c1)c(=O)n(Cc1ccc(NS(C)(=O)=O)cc1)c(=O)n2C. The molecule has 0 saturated heterocycles. The molecule has 0 amide bonds. The highest BCUT2D eigenvalue weighted by atomic mass is 32.2. The van der Waals surface area contributed by atoms with E-state index >= 15 is 0 Å². The average molecular weight is 417 g/mol. The lowest BCUT2D eigenvalue weighted by Gasteiger charge is -2.12. The molecule has 0 unspecified atom stereocenters. The molecule has 9 nitrogen and oxygen atoms in total. The molecule has 2 aromatic carbocycles. The van der Waals surface area contributed by atoms with Crippen LogP contribution in [0.15, 0.2) is 52.1 Å². The second-order valence-corrected chi connectivity index (χ2v) is 8.28. The zero-order chi connectivity index (χ0) is 21.3. The van der Waals surface area contributed by atoms with Gasteiger partial charge in [-0.2, -0.15) is 0 Å². The van der Waals surface area contributed by atoms with Gasteiger partial charge < -0.3 is 4.74 Å². The third kappa shape index (κ3) is 4.21. The fourth-order valence-corrected chi connectivity index (χ4v) is 3.54. The van der Waals surface area contributed by atoms with E-state index in [0.29, 0.717) is 16.8 Å². The fraction of sp³-hybridized carbons (Fsp3) is 0.211. The second kappa shape index (κ2) is 7.55. The predicted molar refractivity (Wildman–Crippen MR) is 109 cm³/mol. The summed E-state index contributed by atoms with van der Waals surface area (Å²) >= 11 is 0. The van der Waals surface area contributed by atoms with Crippen LogP contribution < -0.4 is 16.0 Å². The molecule has 152 valence electrons. The Kier molecular flexibility index (Phi) is 5.29. The molecule has 0 aliphatic carbocycles. The summed E-state index contributed by atoms with van der Waals surface area (Å²) in [6, 6.07) is 10.7. The summed E-state index contributed by atoms with van der Waals surface area (Å²) < 4.78 is 32.0. The smallest absolute Gasteiger partial charge is 0.337 e. The molecule has 3 aromatic rings. The Morgan fingerprint density at radius 3 is 2.34 bits per heavy atom. The third-order valence-electron chi connectivity index (χ3n) is 4.37. The van der Waals surface area contributed by atoms with Gasteiger partial charge in [0, 0.05) is 12.7 Å². The number of ether oxygens (including phenoxy) is 1. The Balaban J connectivity index is 2.06. The van der Waals surface area contributed by atoms with Crippen LogP contribution in [0.1, 0.15) is 15.9 Å². The van der Waals surface area contributed by atoms with Gasteiger partial charge >= 0.3 is 11.7 Å². The van der Waals surface area contributed by atoms with Crippen molar-refractivity contribution in [2.24, 2.45) is 7.05 Å². The largest absolute Gasteiger partial charge is 0.465 e. The van der Waals surface area contributed by atoms with E-state index in [-0.39, 0.29) is 17.5 Å². The maximum Gasteiger partial charge on any atom is 0.337 e. The van der Waals surface area contributed by atoms with E-state index in [9.17, 15) is 22.8 Å². The molecule has 0 fully saturated rings. The van der Waals surface area contributed by atoms with Crippen molar-refractivity contribution < 1.29 is 17.9 Å². The minimum absolute atomic E-state index is 0.0109. The summed E-state index contributed by atoms with van der Waals surface area (Å²) in [6.45, 7) is -0.0109. The first kappa shape index (κ1) is 20.3. The lowest BCUT2D eigenvalue weighted by Crippen LogP contribution is -2.39. The topological polar surface area (TPSA) is 116 Å². The van der Waals surface area contributed by atoms with Gasteiger partial charge in [-0.3, -0.25) is 18.7 Å². The average Bonchev–Trinajstić information content (AvgIpc) is 2.68. The zero-order valence-corrected chi connectivity index (χ0v) is 16.8. The minimum Gasteiger partial charge on any atom is -0.465 e. The number of hydrogen-bond donors (Lipinski definition) is 1. The normalized spacial score (nSPS) is 11.4. The van der Waals surface area contributed by atoms with Gasteiger partial charge in [-0.05, 0) is 35.9 Å². The number of sulfonamides is 1. The van der Waals surface area contributed by atoms with Crippen molar-refractivity contribution in [3.63, 3.8) is 0 Å². The van der Waals surface area contributed by atoms with Crippen molar-refractivity contribution in [1.82, 2.24) is 9.13 Å². The number of benzene rings is 2. The van der Waals surface area contributed by atoms with Gasteiger partial charge in [-0.1, -0.05) is 12.1 Å². The van der Waals surface area contributed by atoms with E-state index in [4.69, 9.17) is 0 Å². The van der Waals surface area contributed by atoms with Crippen molar-refractivity contribution in [2.45, 2.75) is 6.54 Å². The van der Waals surface area contributed by atoms with E-state index in [2.05, 4.69) is 9.46 Å². The third-order valence-corrected chi connectivity index (χ3v) is 4.98. The van der Waals surface area contributed by atoms with Crippen molar-refractivity contribution in [1.29, 1.82) is 0 Å². The zero-order valence-electron chi connectivity index (χ0n) is 16.0. The van der Waals surface area contributed by atoms with Crippen molar-refractivity contribution in [3.8, 4) is 0 Å². The van der Waals surface area contributed by atoms with E-state index in [1.165, 1.54) is 36.9 Å². The molecule has 3 rings (SSSR count). The van der Waals surface area contributed by atoms with Crippen LogP contribution in [-0.2, 0) is 28.4 Å². The Morgan fingerprint density at radius 2 is 1.76 bits per heavy atom. The van der Waals surface area contributed by atoms with E-state index in [1.54, 1.807) is 24.3 Å². The van der Waals surface area contributed by atoms with Gasteiger partial charge in [0.2, 0.25) is 10.0 Å². The number of rotatable bonds is 5. The summed E-state index contributed by atoms with van der Waals surface area (Å²) in [5.74, 6) is -0.583. The molecule has 0 atom stereocenters. The van der Waals surface area contributed by atoms with Gasteiger partial charge in [0.1, 0.15) is 0 Å². The van der Waals surface area contributed by atoms with Crippen LogP contribution in [0.4, 0.5) is 5.69 Å². The molecule has 1 N–H and O–H groups in total. The number of esters is 1. The standard InChI is InChI=1S/C19H19N3O6S/c1-21-16-9-6-13(18(24)28-2)10-15(16)17(23)22(19(21)25)11-12-4-7-14(8-5-12)20-29(3,26)27/h4-10,20H,11H2,1-3H3. The molecular formula is C19H19N3O6S. The minimum atomic E-state index is -3.40. The van der Waals surface area contributed by atoms with Crippen LogP contribution in [0.2, 0.25) is 0 Å². The van der Waals surface area contributed by atoms with Crippen LogP contribution in [-0.4, -0.2) is 36.9 Å². The predicted octanol–water partition coefficient (Wildman–Crippen LogP) is 0.907. The Bertz CT molecular complexity index is 1320. The number of anilines is 1. The highest BCUT2D eigenvalue weighted by Gasteiger charge is 2.14. The van der Waals surface area contributed by atoms with E-state index < -0.39 is 27.2 Å². The lowest BCUT2D eigenvalue weighted by molar-refractivity contribution is 0.0601. The van der Waals surface area contributed by atoms with Crippen molar-refractivity contribution in [2.75, 3.05) is 18.1 Å². The summed E-state index contributed by atoms with van der Waals surface area (Å²) in [5, 5.41) is 0.213. The maximum atomic E-state index is 12.9. The number of fused-ring (bicyclic) bond motifs is 1. The molecule has 0 spiro atoms. The molecule has 0 aliphatic rings. The number of carbonyl (C=O) groups is 1. The van der Waals surface area contributed by atoms with Crippen LogP contribution >= 0.6 is 0 Å². The number of hydrogen-bond acceptors (Lipinski definition) is 6. The van der Waals surface area contributed by atoms with Crippen LogP contribution in [0, 0.1) is 0 Å². The Hall–Kier alpha value is -3.40. The lowest BCUT2D eigenvalue weighted by atomic mass is 10.1. The van der Waals surface area contributed by atoms with Gasteiger partial charge in [0.15, 0.2) is 0 Å². The summed E-state index contributed by atoms with van der Waals surface area (Å²) in [6.07, 6.45) is 1.04. The Morgan fingerprint density at radius 1 is 1.10 bits per heavy atom. The van der Waals surface area contributed by atoms with Crippen LogP contribution in [0.5, 0.6) is 0 Å². The molecular weight excluding hydrogens is 398 g/mol. The van der Waals surface area contributed by atoms with Gasteiger partial charge in [-0.25, -0.2) is 18.0 Å². The molecule has 0 saturated carbocycles. The van der Waals surface area contributed by atoms with Crippen molar-refractivity contribution >= 4 is 32.6 Å². The first-order valence-electron chi connectivity index (χ1n) is 8.49. The molecule has 0 radical (unpaired) electrons. The molecule has 29 heavy (non-hydrogen) atoms. The first-order chi connectivity index (χ1) is 13.6. The molecule has 0 bridgehead atoms. The van der Waals surface area contributed by atoms with Crippen LogP contribution in [0.25, 0.3) is 10.9 Å². The second-order valence-electron chi connectivity index (χ2n) is 6.53. The number of carbonyl (C=O) groups excluding carboxylic acids is 1. The summed E-state index contributed by atoms with van der Waals surface area (Å²) in [4.78, 5) is 37.4. The maximum absolute atomic E-state index is 12.9. The first-order valence-corrected chi connectivity index (χ1v) is 10.4. The van der Waals surface area contributed by atoms with Gasteiger partial charge in [0.05, 0.1) is 36.4 Å².